The number of carbonyl (C=O) groups excluding carboxylic acids is 3. The molecule has 182 valence electrons. The molecule has 2 aliphatic rings. The Morgan fingerprint density at radius 1 is 1.06 bits per heavy atom. The van der Waals surface area contributed by atoms with Crippen LogP contribution in [0.5, 0.6) is 11.5 Å². The van der Waals surface area contributed by atoms with E-state index in [1.165, 1.54) is 23.1 Å². The molecule has 0 spiro atoms. The van der Waals surface area contributed by atoms with Gasteiger partial charge in [0.05, 0.1) is 17.0 Å². The van der Waals surface area contributed by atoms with Gasteiger partial charge < -0.3 is 14.4 Å². The molecule has 3 aromatic carbocycles. The first-order valence-corrected chi connectivity index (χ1v) is 11.7. The van der Waals surface area contributed by atoms with Gasteiger partial charge in [-0.25, -0.2) is 4.90 Å². The Kier molecular flexibility index (Phi) is 6.15. The molecule has 10 nitrogen and oxygen atoms in total. The van der Waals surface area contributed by atoms with Crippen LogP contribution in [0.25, 0.3) is 0 Å². The van der Waals surface area contributed by atoms with Crippen molar-refractivity contribution in [3.05, 3.63) is 92.4 Å². The number of carbonyl (C=O) groups is 3. The number of hydrogen-bond donors (Lipinski definition) is 0. The molecule has 0 bridgehead atoms. The largest absolute Gasteiger partial charge is 0.454 e. The smallest absolute Gasteiger partial charge is 0.270 e. The van der Waals surface area contributed by atoms with Crippen molar-refractivity contribution in [1.82, 2.24) is 4.90 Å². The molecular weight excluding hydrogens is 534 g/mol. The van der Waals surface area contributed by atoms with Crippen molar-refractivity contribution < 1.29 is 28.8 Å². The minimum Gasteiger partial charge on any atom is -0.454 e. The van der Waals surface area contributed by atoms with Gasteiger partial charge in [-0.2, -0.15) is 0 Å². The lowest BCUT2D eigenvalue weighted by Gasteiger charge is -2.28. The van der Waals surface area contributed by atoms with Crippen LogP contribution in [0.2, 0.25) is 0 Å². The molecule has 0 saturated carbocycles. The molecule has 1 unspecified atom stereocenters. The summed E-state index contributed by atoms with van der Waals surface area (Å²) in [6.07, 6.45) is -0.222. The van der Waals surface area contributed by atoms with Crippen molar-refractivity contribution >= 4 is 45.0 Å². The van der Waals surface area contributed by atoms with Gasteiger partial charge >= 0.3 is 0 Å². The van der Waals surface area contributed by atoms with Crippen LogP contribution >= 0.6 is 15.9 Å². The van der Waals surface area contributed by atoms with Crippen LogP contribution in [0.15, 0.2) is 71.2 Å². The highest BCUT2D eigenvalue weighted by Gasteiger charge is 2.44. The van der Waals surface area contributed by atoms with Gasteiger partial charge in [-0.1, -0.05) is 28.1 Å². The Hall–Kier alpha value is -4.25. The van der Waals surface area contributed by atoms with Gasteiger partial charge in [-0.05, 0) is 48.0 Å². The van der Waals surface area contributed by atoms with Gasteiger partial charge in [0.25, 0.3) is 17.5 Å². The van der Waals surface area contributed by atoms with Crippen molar-refractivity contribution in [2.75, 3.05) is 11.7 Å². The van der Waals surface area contributed by atoms with E-state index in [0.29, 0.717) is 22.7 Å². The van der Waals surface area contributed by atoms with E-state index in [1.807, 2.05) is 0 Å². The second kappa shape index (κ2) is 9.42. The minimum atomic E-state index is -1.10. The topological polar surface area (TPSA) is 119 Å². The number of non-ortho nitro benzene ring substituents is 1. The number of nitro groups is 1. The molecule has 0 aliphatic carbocycles. The SMILES string of the molecule is O=C1CC(N(Cc2ccc3c(c2)OCO3)C(=O)c2cccc([N+](=O)[O-])c2)C(=O)N1c1ccc(Br)cc1. The second-order valence-corrected chi connectivity index (χ2v) is 9.11. The molecule has 11 heteroatoms. The van der Waals surface area contributed by atoms with E-state index >= 15 is 0 Å². The summed E-state index contributed by atoms with van der Waals surface area (Å²) in [6, 6.07) is 16.0. The number of fused-ring (bicyclic) bond motifs is 1. The summed E-state index contributed by atoms with van der Waals surface area (Å²) in [7, 11) is 0. The van der Waals surface area contributed by atoms with Crippen LogP contribution in [-0.4, -0.2) is 40.4 Å². The quantitative estimate of drug-likeness (QED) is 0.257. The maximum atomic E-state index is 13.6. The average molecular weight is 552 g/mol. The molecule has 5 rings (SSSR count). The molecule has 0 N–H and O–H groups in total. The maximum Gasteiger partial charge on any atom is 0.270 e. The van der Waals surface area contributed by atoms with Crippen molar-refractivity contribution in [1.29, 1.82) is 0 Å². The number of benzene rings is 3. The number of amides is 3. The monoisotopic (exact) mass is 551 g/mol. The number of hydrogen-bond acceptors (Lipinski definition) is 7. The fraction of sp³-hybridized carbons (Fsp3) is 0.160. The van der Waals surface area contributed by atoms with E-state index in [4.69, 9.17) is 9.47 Å². The van der Waals surface area contributed by atoms with Crippen LogP contribution in [0.4, 0.5) is 11.4 Å². The fourth-order valence-electron chi connectivity index (χ4n) is 4.20. The Morgan fingerprint density at radius 2 is 1.81 bits per heavy atom. The highest BCUT2D eigenvalue weighted by Crippen LogP contribution is 2.34. The van der Waals surface area contributed by atoms with Gasteiger partial charge in [0.15, 0.2) is 11.5 Å². The first-order chi connectivity index (χ1) is 17.3. The predicted molar refractivity (Wildman–Crippen MR) is 131 cm³/mol. The maximum absolute atomic E-state index is 13.6. The zero-order valence-electron chi connectivity index (χ0n) is 18.6. The Morgan fingerprint density at radius 3 is 2.56 bits per heavy atom. The molecule has 0 radical (unpaired) electrons. The van der Waals surface area contributed by atoms with Crippen LogP contribution in [0, 0.1) is 10.1 Å². The highest BCUT2D eigenvalue weighted by atomic mass is 79.9. The van der Waals surface area contributed by atoms with Crippen LogP contribution < -0.4 is 14.4 Å². The summed E-state index contributed by atoms with van der Waals surface area (Å²) >= 11 is 3.33. The van der Waals surface area contributed by atoms with E-state index in [9.17, 15) is 24.5 Å². The molecule has 0 aromatic heterocycles. The number of halogens is 1. The molecule has 3 aromatic rings. The van der Waals surface area contributed by atoms with E-state index in [-0.39, 0.29) is 31.0 Å². The first kappa shape index (κ1) is 23.5. The zero-order valence-corrected chi connectivity index (χ0v) is 20.2. The summed E-state index contributed by atoms with van der Waals surface area (Å²) in [5, 5.41) is 11.3. The van der Waals surface area contributed by atoms with Crippen LogP contribution in [-0.2, 0) is 16.1 Å². The molecule has 1 atom stereocenters. The van der Waals surface area contributed by atoms with Crippen molar-refractivity contribution in [2.24, 2.45) is 0 Å². The van der Waals surface area contributed by atoms with E-state index in [2.05, 4.69) is 15.9 Å². The van der Waals surface area contributed by atoms with E-state index < -0.39 is 28.7 Å². The summed E-state index contributed by atoms with van der Waals surface area (Å²) < 4.78 is 11.5. The molecule has 36 heavy (non-hydrogen) atoms. The van der Waals surface area contributed by atoms with Gasteiger partial charge in [-0.3, -0.25) is 24.5 Å². The lowest BCUT2D eigenvalue weighted by molar-refractivity contribution is -0.384. The molecule has 3 amide bonds. The van der Waals surface area contributed by atoms with Crippen molar-refractivity contribution in [3.63, 3.8) is 0 Å². The normalized spacial score (nSPS) is 16.4. The van der Waals surface area contributed by atoms with Gasteiger partial charge in [0.1, 0.15) is 6.04 Å². The molecule has 2 heterocycles. The standard InChI is InChI=1S/C25H18BrN3O7/c26-17-5-7-18(8-6-17)28-23(30)12-20(25(28)32)27(13-15-4-9-21-22(10-15)36-14-35-21)24(31)16-2-1-3-19(11-16)29(33)34/h1-11,20H,12-14H2. The van der Waals surface area contributed by atoms with Gasteiger partial charge in [0.2, 0.25) is 12.7 Å². The van der Waals surface area contributed by atoms with E-state index in [0.717, 1.165) is 15.4 Å². The number of imide groups is 1. The second-order valence-electron chi connectivity index (χ2n) is 8.19. The lowest BCUT2D eigenvalue weighted by atomic mass is 10.1. The summed E-state index contributed by atoms with van der Waals surface area (Å²) in [5.74, 6) is -0.554. The Balaban J connectivity index is 1.51. The van der Waals surface area contributed by atoms with Crippen molar-refractivity contribution in [2.45, 2.75) is 19.0 Å². The molecule has 1 fully saturated rings. The van der Waals surface area contributed by atoms with E-state index in [1.54, 1.807) is 42.5 Å². The number of nitrogens with zero attached hydrogens (tertiary/aromatic N) is 3. The fourth-order valence-corrected chi connectivity index (χ4v) is 4.46. The predicted octanol–water partition coefficient (Wildman–Crippen LogP) is 4.06. The lowest BCUT2D eigenvalue weighted by Crippen LogP contribution is -2.45. The molecule has 2 aliphatic heterocycles. The first-order valence-electron chi connectivity index (χ1n) is 10.9. The summed E-state index contributed by atoms with van der Waals surface area (Å²) in [4.78, 5) is 53.0. The van der Waals surface area contributed by atoms with Crippen LogP contribution in [0.3, 0.4) is 0 Å². The number of anilines is 1. The summed E-state index contributed by atoms with van der Waals surface area (Å²) in [6.45, 7) is 0.0446. The van der Waals surface area contributed by atoms with Gasteiger partial charge in [-0.15, -0.1) is 0 Å². The zero-order chi connectivity index (χ0) is 25.4. The number of nitro benzene ring substituents is 1. The van der Waals surface area contributed by atoms with Crippen LogP contribution in [0.1, 0.15) is 22.3 Å². The van der Waals surface area contributed by atoms with Crippen molar-refractivity contribution in [3.8, 4) is 11.5 Å². The molecular formula is C25H18BrN3O7. The third kappa shape index (κ3) is 4.40. The highest BCUT2D eigenvalue weighted by molar-refractivity contribution is 9.10. The minimum absolute atomic E-state index is 0.0317. The number of ether oxygens (including phenoxy) is 2. The Bertz CT molecular complexity index is 1390. The Labute approximate surface area is 213 Å². The molecule has 1 saturated heterocycles. The number of rotatable bonds is 6. The van der Waals surface area contributed by atoms with Gasteiger partial charge in [0, 0.05) is 28.7 Å². The third-order valence-corrected chi connectivity index (χ3v) is 6.47. The summed E-state index contributed by atoms with van der Waals surface area (Å²) in [5.41, 5.74) is 0.809. The third-order valence-electron chi connectivity index (χ3n) is 5.94. The average Bonchev–Trinajstić information content (AvgIpc) is 3.46.